The van der Waals surface area contributed by atoms with Gasteiger partial charge in [-0.05, 0) is 42.5 Å². The number of rotatable bonds is 5. The summed E-state index contributed by atoms with van der Waals surface area (Å²) in [7, 11) is 1.16. The number of hydrogen-bond donors (Lipinski definition) is 1. The summed E-state index contributed by atoms with van der Waals surface area (Å²) in [6.07, 6.45) is 3.33. The van der Waals surface area contributed by atoms with Crippen LogP contribution in [0.2, 0.25) is 0 Å². The highest BCUT2D eigenvalue weighted by molar-refractivity contribution is 7.87. The molecule has 7 nitrogen and oxygen atoms in total. The summed E-state index contributed by atoms with van der Waals surface area (Å²) in [6, 6.07) is 7.39. The molecule has 0 amide bonds. The van der Waals surface area contributed by atoms with Gasteiger partial charge in [0.25, 0.3) is 10.2 Å². The molecular weight excluding hydrogens is 352 g/mol. The van der Waals surface area contributed by atoms with Crippen molar-refractivity contribution in [1.82, 2.24) is 18.8 Å². The lowest BCUT2D eigenvalue weighted by Crippen LogP contribution is -2.41. The van der Waals surface area contributed by atoms with E-state index in [1.165, 1.54) is 18.4 Å². The van der Waals surface area contributed by atoms with Crippen molar-refractivity contribution in [3.8, 4) is 11.4 Å². The van der Waals surface area contributed by atoms with Gasteiger partial charge in [-0.2, -0.15) is 22.5 Å². The molecular formula is C18H26N4O3S. The van der Waals surface area contributed by atoms with Crippen LogP contribution in [0.1, 0.15) is 37.6 Å². The van der Waals surface area contributed by atoms with Crippen LogP contribution < -0.4 is 9.46 Å². The van der Waals surface area contributed by atoms with Crippen LogP contribution in [0.25, 0.3) is 5.69 Å². The third-order valence-corrected chi connectivity index (χ3v) is 6.31. The Kier molecular flexibility index (Phi) is 4.85. The van der Waals surface area contributed by atoms with Crippen molar-refractivity contribution in [3.05, 3.63) is 41.7 Å². The number of aromatic nitrogens is 2. The molecule has 1 atom stereocenters. The zero-order valence-electron chi connectivity index (χ0n) is 15.9. The second kappa shape index (κ2) is 6.68. The van der Waals surface area contributed by atoms with Crippen molar-refractivity contribution in [2.75, 3.05) is 21.2 Å². The van der Waals surface area contributed by atoms with Crippen molar-refractivity contribution in [2.24, 2.45) is 5.41 Å². The summed E-state index contributed by atoms with van der Waals surface area (Å²) in [5, 5.41) is 4.54. The minimum atomic E-state index is -3.53. The highest BCUT2D eigenvalue weighted by atomic mass is 32.2. The van der Waals surface area contributed by atoms with Crippen LogP contribution in [0.4, 0.5) is 0 Å². The highest BCUT2D eigenvalue weighted by Gasteiger charge is 2.37. The van der Waals surface area contributed by atoms with E-state index in [0.717, 1.165) is 35.5 Å². The maximum atomic E-state index is 12.3. The van der Waals surface area contributed by atoms with Crippen molar-refractivity contribution in [1.29, 1.82) is 0 Å². The smallest absolute Gasteiger partial charge is 0.279 e. The second-order valence-corrected chi connectivity index (χ2v) is 9.58. The van der Waals surface area contributed by atoms with Gasteiger partial charge < -0.3 is 4.74 Å². The van der Waals surface area contributed by atoms with Gasteiger partial charge in [0, 0.05) is 25.4 Å². The molecule has 1 aliphatic rings. The highest BCUT2D eigenvalue weighted by Crippen LogP contribution is 2.41. The normalized spacial score (nSPS) is 19.4. The van der Waals surface area contributed by atoms with Gasteiger partial charge in [-0.25, -0.2) is 4.68 Å². The van der Waals surface area contributed by atoms with Gasteiger partial charge in [0.15, 0.2) is 0 Å². The van der Waals surface area contributed by atoms with E-state index in [1.54, 1.807) is 13.3 Å². The number of methoxy groups -OCH3 is 1. The Balaban J connectivity index is 2.01. The lowest BCUT2D eigenvalue weighted by Gasteiger charge is -2.36. The van der Waals surface area contributed by atoms with Gasteiger partial charge in [-0.15, -0.1) is 0 Å². The van der Waals surface area contributed by atoms with Gasteiger partial charge in [-0.1, -0.05) is 13.8 Å². The van der Waals surface area contributed by atoms with E-state index >= 15 is 0 Å². The molecule has 0 radical (unpaired) electrons. The van der Waals surface area contributed by atoms with Crippen LogP contribution in [-0.4, -0.2) is 43.7 Å². The molecule has 1 aromatic carbocycles. The number of nitrogens with zero attached hydrogens (tertiary/aromatic N) is 3. The first kappa shape index (κ1) is 18.9. The summed E-state index contributed by atoms with van der Waals surface area (Å²) in [5.41, 5.74) is 2.86. The first-order valence-electron chi connectivity index (χ1n) is 8.54. The Labute approximate surface area is 155 Å². The fourth-order valence-corrected chi connectivity index (χ4v) is 4.16. The van der Waals surface area contributed by atoms with E-state index in [1.807, 2.05) is 28.9 Å². The van der Waals surface area contributed by atoms with Crippen molar-refractivity contribution in [3.63, 3.8) is 0 Å². The number of fused-ring (bicyclic) bond motifs is 1. The molecule has 1 aromatic heterocycles. The Morgan fingerprint density at radius 3 is 2.50 bits per heavy atom. The molecule has 2 aromatic rings. The Morgan fingerprint density at radius 2 is 1.92 bits per heavy atom. The third-order valence-electron chi connectivity index (χ3n) is 4.77. The van der Waals surface area contributed by atoms with Gasteiger partial charge in [0.1, 0.15) is 5.75 Å². The molecule has 1 N–H and O–H groups in total. The van der Waals surface area contributed by atoms with Crippen molar-refractivity contribution < 1.29 is 13.2 Å². The number of hydrogen-bond acceptors (Lipinski definition) is 4. The molecule has 0 fully saturated rings. The first-order valence-corrected chi connectivity index (χ1v) is 9.98. The number of ether oxygens (including phenoxy) is 1. The van der Waals surface area contributed by atoms with E-state index < -0.39 is 10.2 Å². The largest absolute Gasteiger partial charge is 0.497 e. The average molecular weight is 378 g/mol. The van der Waals surface area contributed by atoms with Crippen LogP contribution in [0.3, 0.4) is 0 Å². The standard InChI is InChI=1S/C18H26N4O3S/c1-18(2)10-16(20-26(23,24)21(3)4)15-12-19-22(17(15)11-18)13-6-8-14(25-5)9-7-13/h6-9,12,16,20H,10-11H2,1-5H3/t16-/m1/s1. The summed E-state index contributed by atoms with van der Waals surface area (Å²) < 4.78 is 35.8. The molecule has 0 aliphatic heterocycles. The van der Waals surface area contributed by atoms with Crippen LogP contribution in [0, 0.1) is 5.41 Å². The summed E-state index contributed by atoms with van der Waals surface area (Å²) in [4.78, 5) is 0. The molecule has 0 spiro atoms. The van der Waals surface area contributed by atoms with Gasteiger partial charge in [0.05, 0.1) is 25.0 Å². The molecule has 0 bridgehead atoms. The van der Waals surface area contributed by atoms with Gasteiger partial charge in [0.2, 0.25) is 0 Å². The van der Waals surface area contributed by atoms with E-state index in [9.17, 15) is 8.42 Å². The quantitative estimate of drug-likeness (QED) is 0.866. The molecule has 1 heterocycles. The lowest BCUT2D eigenvalue weighted by atomic mass is 9.74. The Morgan fingerprint density at radius 1 is 1.27 bits per heavy atom. The summed E-state index contributed by atoms with van der Waals surface area (Å²) in [5.74, 6) is 0.784. The number of nitrogens with one attached hydrogen (secondary N) is 1. The van der Waals surface area contributed by atoms with Gasteiger partial charge >= 0.3 is 0 Å². The van der Waals surface area contributed by atoms with Crippen LogP contribution in [0.15, 0.2) is 30.5 Å². The maximum Gasteiger partial charge on any atom is 0.279 e. The first-order chi connectivity index (χ1) is 12.1. The zero-order chi connectivity index (χ0) is 19.1. The van der Waals surface area contributed by atoms with Crippen LogP contribution in [-0.2, 0) is 16.6 Å². The minimum Gasteiger partial charge on any atom is -0.497 e. The van der Waals surface area contributed by atoms with E-state index in [0.29, 0.717) is 0 Å². The fourth-order valence-electron chi connectivity index (χ4n) is 3.38. The molecule has 0 unspecified atom stereocenters. The van der Waals surface area contributed by atoms with Crippen molar-refractivity contribution >= 4 is 10.2 Å². The topological polar surface area (TPSA) is 76.5 Å². The monoisotopic (exact) mass is 378 g/mol. The molecule has 0 saturated carbocycles. The van der Waals surface area contributed by atoms with E-state index in [4.69, 9.17) is 4.74 Å². The third kappa shape index (κ3) is 3.62. The minimum absolute atomic E-state index is 0.0449. The molecule has 26 heavy (non-hydrogen) atoms. The molecule has 142 valence electrons. The zero-order valence-corrected chi connectivity index (χ0v) is 16.7. The summed E-state index contributed by atoms with van der Waals surface area (Å²) in [6.45, 7) is 4.30. The molecule has 3 rings (SSSR count). The SMILES string of the molecule is COc1ccc(-n2ncc3c2CC(C)(C)C[C@H]3NS(=O)(=O)N(C)C)cc1. The van der Waals surface area contributed by atoms with E-state index in [2.05, 4.69) is 23.7 Å². The Hall–Kier alpha value is -1.90. The van der Waals surface area contributed by atoms with E-state index in [-0.39, 0.29) is 11.5 Å². The Bertz CT molecular complexity index is 886. The predicted molar refractivity (Wildman–Crippen MR) is 101 cm³/mol. The average Bonchev–Trinajstić information content (AvgIpc) is 2.97. The second-order valence-electron chi connectivity index (χ2n) is 7.66. The molecule has 1 aliphatic carbocycles. The maximum absolute atomic E-state index is 12.3. The van der Waals surface area contributed by atoms with Crippen LogP contribution >= 0.6 is 0 Å². The predicted octanol–water partition coefficient (Wildman–Crippen LogP) is 2.29. The van der Waals surface area contributed by atoms with Gasteiger partial charge in [-0.3, -0.25) is 0 Å². The van der Waals surface area contributed by atoms with Crippen molar-refractivity contribution in [2.45, 2.75) is 32.7 Å². The molecule has 0 saturated heterocycles. The fraction of sp³-hybridized carbons (Fsp3) is 0.500. The lowest BCUT2D eigenvalue weighted by molar-refractivity contribution is 0.267. The van der Waals surface area contributed by atoms with Crippen LogP contribution in [0.5, 0.6) is 5.75 Å². The number of benzene rings is 1. The molecule has 8 heteroatoms. The summed E-state index contributed by atoms with van der Waals surface area (Å²) >= 11 is 0.